The minimum atomic E-state index is -0.349. The minimum Gasteiger partial charge on any atom is -0.461 e. The number of rotatable bonds is 7. The summed E-state index contributed by atoms with van der Waals surface area (Å²) in [6.45, 7) is 14.6. The van der Waals surface area contributed by atoms with Crippen LogP contribution in [0.3, 0.4) is 0 Å². The molecule has 0 aromatic heterocycles. The summed E-state index contributed by atoms with van der Waals surface area (Å²) in [4.78, 5) is 12.2. The fourth-order valence-electron chi connectivity index (χ4n) is 2.05. The molecule has 0 radical (unpaired) electrons. The Hall–Kier alpha value is -0.530. The molecule has 0 amide bonds. The fourth-order valence-corrected chi connectivity index (χ4v) is 2.05. The molecule has 0 aromatic carbocycles. The number of carbonyl (C=O) groups is 1. The molecule has 0 unspecified atom stereocenters. The van der Waals surface area contributed by atoms with Crippen LogP contribution in [0.4, 0.5) is 0 Å². The highest BCUT2D eigenvalue weighted by atomic mass is 16.5. The highest BCUT2D eigenvalue weighted by molar-refractivity contribution is 5.76. The number of carbonyl (C=O) groups excluding carboxylic acids is 1. The monoisotopic (exact) mass is 242 g/mol. The van der Waals surface area contributed by atoms with E-state index in [1.807, 2.05) is 13.8 Å². The lowest BCUT2D eigenvalue weighted by Crippen LogP contribution is -2.35. The Labute approximate surface area is 107 Å². The molecule has 0 saturated carbocycles. The molecule has 0 heterocycles. The van der Waals surface area contributed by atoms with Crippen molar-refractivity contribution in [3.8, 4) is 0 Å². The van der Waals surface area contributed by atoms with Crippen molar-refractivity contribution < 1.29 is 9.53 Å². The van der Waals surface area contributed by atoms with Gasteiger partial charge in [0.2, 0.25) is 0 Å². The van der Waals surface area contributed by atoms with Crippen molar-refractivity contribution >= 4 is 5.97 Å². The molecular weight excluding hydrogens is 212 g/mol. The predicted molar refractivity (Wildman–Crippen MR) is 72.9 cm³/mol. The lowest BCUT2D eigenvalue weighted by atomic mass is 9.87. The Kier molecular flexibility index (Phi) is 6.81. The van der Waals surface area contributed by atoms with Gasteiger partial charge in [0.25, 0.3) is 0 Å². The molecule has 0 aliphatic rings. The van der Waals surface area contributed by atoms with Gasteiger partial charge in [-0.15, -0.1) is 0 Å². The van der Waals surface area contributed by atoms with Gasteiger partial charge < -0.3 is 4.74 Å². The summed E-state index contributed by atoms with van der Waals surface area (Å²) in [5.41, 5.74) is -0.349. The zero-order chi connectivity index (χ0) is 13.6. The lowest BCUT2D eigenvalue weighted by molar-refractivity contribution is -0.165. The fraction of sp³-hybridized carbons (Fsp3) is 0.933. The lowest BCUT2D eigenvalue weighted by Gasteiger charge is -2.30. The van der Waals surface area contributed by atoms with Crippen molar-refractivity contribution in [2.75, 3.05) is 0 Å². The van der Waals surface area contributed by atoms with Crippen LogP contribution >= 0.6 is 0 Å². The summed E-state index contributed by atoms with van der Waals surface area (Å²) in [6.07, 6.45) is 3.14. The van der Waals surface area contributed by atoms with Crippen LogP contribution in [0.1, 0.15) is 67.7 Å². The molecule has 0 aromatic rings. The van der Waals surface area contributed by atoms with Gasteiger partial charge in [-0.05, 0) is 32.1 Å². The maximum Gasteiger partial charge on any atom is 0.311 e. The third kappa shape index (κ3) is 5.56. The van der Waals surface area contributed by atoms with Gasteiger partial charge in [0, 0.05) is 0 Å². The summed E-state index contributed by atoms with van der Waals surface area (Å²) in [5, 5.41) is 0. The van der Waals surface area contributed by atoms with Gasteiger partial charge in [-0.3, -0.25) is 4.79 Å². The number of unbranched alkanes of at least 4 members (excludes halogenated alkanes) is 1. The number of hydrogen-bond acceptors (Lipinski definition) is 2. The van der Waals surface area contributed by atoms with Crippen LogP contribution in [0.15, 0.2) is 0 Å². The van der Waals surface area contributed by atoms with Gasteiger partial charge in [0.15, 0.2) is 0 Å². The molecule has 0 fully saturated rings. The molecule has 0 N–H and O–H groups in total. The Balaban J connectivity index is 4.49. The van der Waals surface area contributed by atoms with Crippen molar-refractivity contribution in [1.29, 1.82) is 0 Å². The largest absolute Gasteiger partial charge is 0.461 e. The molecule has 2 nitrogen and oxygen atoms in total. The second kappa shape index (κ2) is 7.03. The molecule has 0 atom stereocenters. The maximum atomic E-state index is 12.2. The number of ether oxygens (including phenoxy) is 1. The first-order valence-corrected chi connectivity index (χ1v) is 6.93. The van der Waals surface area contributed by atoms with E-state index in [1.165, 1.54) is 0 Å². The van der Waals surface area contributed by atoms with Crippen LogP contribution in [-0.4, -0.2) is 12.1 Å². The highest BCUT2D eigenvalue weighted by Crippen LogP contribution is 2.28. The van der Waals surface area contributed by atoms with E-state index in [0.29, 0.717) is 11.8 Å². The van der Waals surface area contributed by atoms with Gasteiger partial charge >= 0.3 is 5.97 Å². The predicted octanol–water partition coefficient (Wildman–Crippen LogP) is 4.43. The average molecular weight is 242 g/mol. The second-order valence-corrected chi connectivity index (χ2v) is 6.35. The van der Waals surface area contributed by atoms with Crippen LogP contribution in [0.5, 0.6) is 0 Å². The van der Waals surface area contributed by atoms with E-state index in [2.05, 4.69) is 34.6 Å². The van der Waals surface area contributed by atoms with E-state index in [9.17, 15) is 4.79 Å². The molecule has 0 spiro atoms. The first kappa shape index (κ1) is 16.5. The van der Waals surface area contributed by atoms with Crippen molar-refractivity contribution in [3.63, 3.8) is 0 Å². The van der Waals surface area contributed by atoms with Crippen LogP contribution in [-0.2, 0) is 9.53 Å². The zero-order valence-corrected chi connectivity index (χ0v) is 12.7. The Morgan fingerprint density at radius 1 is 1.12 bits per heavy atom. The van der Waals surface area contributed by atoms with Gasteiger partial charge in [-0.25, -0.2) is 0 Å². The first-order chi connectivity index (χ1) is 7.72. The summed E-state index contributed by atoms with van der Waals surface area (Å²) < 4.78 is 5.70. The molecule has 2 heteroatoms. The molecule has 0 rings (SSSR count). The number of hydrogen-bond donors (Lipinski definition) is 0. The molecule has 0 aliphatic carbocycles. The average Bonchev–Trinajstić information content (AvgIpc) is 2.21. The Morgan fingerprint density at radius 3 is 1.94 bits per heavy atom. The smallest absolute Gasteiger partial charge is 0.311 e. The molecule has 17 heavy (non-hydrogen) atoms. The molecule has 102 valence electrons. The van der Waals surface area contributed by atoms with Gasteiger partial charge in [0.1, 0.15) is 6.10 Å². The summed E-state index contributed by atoms with van der Waals surface area (Å²) in [5.74, 6) is 0.709. The van der Waals surface area contributed by atoms with Gasteiger partial charge in [0.05, 0.1) is 5.41 Å². The van der Waals surface area contributed by atoms with Crippen LogP contribution in [0.2, 0.25) is 0 Å². The quantitative estimate of drug-likeness (QED) is 0.617. The van der Waals surface area contributed by atoms with Crippen LogP contribution < -0.4 is 0 Å². The van der Waals surface area contributed by atoms with E-state index >= 15 is 0 Å². The maximum absolute atomic E-state index is 12.2. The van der Waals surface area contributed by atoms with Crippen LogP contribution in [0.25, 0.3) is 0 Å². The van der Waals surface area contributed by atoms with E-state index in [1.54, 1.807) is 0 Å². The third-order valence-electron chi connectivity index (χ3n) is 3.27. The summed E-state index contributed by atoms with van der Waals surface area (Å²) in [7, 11) is 0. The minimum absolute atomic E-state index is 0.0309. The molecular formula is C15H30O2. The summed E-state index contributed by atoms with van der Waals surface area (Å²) in [6, 6.07) is 0. The van der Waals surface area contributed by atoms with Gasteiger partial charge in [-0.2, -0.15) is 0 Å². The molecule has 0 aliphatic heterocycles. The van der Waals surface area contributed by atoms with Crippen molar-refractivity contribution in [2.24, 2.45) is 17.3 Å². The zero-order valence-electron chi connectivity index (χ0n) is 12.7. The molecule has 0 bridgehead atoms. The van der Waals surface area contributed by atoms with E-state index in [-0.39, 0.29) is 17.5 Å². The van der Waals surface area contributed by atoms with Crippen molar-refractivity contribution in [2.45, 2.75) is 73.8 Å². The van der Waals surface area contributed by atoms with E-state index in [0.717, 1.165) is 19.3 Å². The normalized spacial score (nSPS) is 12.6. The second-order valence-electron chi connectivity index (χ2n) is 6.35. The van der Waals surface area contributed by atoms with E-state index in [4.69, 9.17) is 4.74 Å². The Bertz CT molecular complexity index is 221. The Morgan fingerprint density at radius 2 is 1.59 bits per heavy atom. The van der Waals surface area contributed by atoms with Crippen molar-refractivity contribution in [1.82, 2.24) is 0 Å². The van der Waals surface area contributed by atoms with Gasteiger partial charge in [-0.1, -0.05) is 47.5 Å². The standard InChI is InChI=1S/C15H30O2/c1-8-9-10-15(6,7)14(16)17-13(11(2)3)12(4)5/h11-13H,8-10H2,1-7H3. The first-order valence-electron chi connectivity index (χ1n) is 6.93. The number of esters is 1. The third-order valence-corrected chi connectivity index (χ3v) is 3.27. The van der Waals surface area contributed by atoms with E-state index < -0.39 is 0 Å². The molecule has 0 saturated heterocycles. The van der Waals surface area contributed by atoms with Crippen LogP contribution in [0, 0.1) is 17.3 Å². The highest BCUT2D eigenvalue weighted by Gasteiger charge is 2.32. The van der Waals surface area contributed by atoms with Crippen molar-refractivity contribution in [3.05, 3.63) is 0 Å². The SMILES string of the molecule is CCCCC(C)(C)C(=O)OC(C(C)C)C(C)C. The summed E-state index contributed by atoms with van der Waals surface area (Å²) >= 11 is 0. The topological polar surface area (TPSA) is 26.3 Å².